The number of carbonyl (C=O) groups excluding carboxylic acids is 2. The Morgan fingerprint density at radius 1 is 1.15 bits per heavy atom. The van der Waals surface area contributed by atoms with E-state index in [1.807, 2.05) is 16.7 Å². The van der Waals surface area contributed by atoms with Gasteiger partial charge < -0.3 is 9.80 Å². The van der Waals surface area contributed by atoms with Crippen molar-refractivity contribution in [3.63, 3.8) is 0 Å². The quantitative estimate of drug-likeness (QED) is 0.801. The predicted octanol–water partition coefficient (Wildman–Crippen LogP) is 3.96. The number of rotatable bonds is 4. The molecule has 2 aliphatic heterocycles. The Morgan fingerprint density at radius 2 is 1.77 bits per heavy atom. The Labute approximate surface area is 161 Å². The highest BCUT2D eigenvalue weighted by Crippen LogP contribution is 2.43. The van der Waals surface area contributed by atoms with Gasteiger partial charge in [-0.1, -0.05) is 45.0 Å². The Bertz CT molecular complexity index is 660. The highest BCUT2D eigenvalue weighted by Gasteiger charge is 2.38. The number of thioether (sulfide) groups is 1. The van der Waals surface area contributed by atoms with Crippen molar-refractivity contribution in [2.75, 3.05) is 19.6 Å². The Morgan fingerprint density at radius 3 is 2.35 bits per heavy atom. The Kier molecular flexibility index (Phi) is 5.66. The van der Waals surface area contributed by atoms with Crippen molar-refractivity contribution in [3.05, 3.63) is 35.4 Å². The third-order valence-electron chi connectivity index (χ3n) is 5.33. The number of hydrogen-bond donors (Lipinski definition) is 0. The summed E-state index contributed by atoms with van der Waals surface area (Å²) in [5, 5.41) is -0.0397. The first-order chi connectivity index (χ1) is 12.3. The van der Waals surface area contributed by atoms with E-state index in [1.165, 1.54) is 5.56 Å². The van der Waals surface area contributed by atoms with Gasteiger partial charge in [-0.25, -0.2) is 0 Å². The lowest BCUT2D eigenvalue weighted by atomic mass is 9.86. The maximum Gasteiger partial charge on any atom is 0.236 e. The van der Waals surface area contributed by atoms with Gasteiger partial charge in [0.1, 0.15) is 5.37 Å². The fraction of sp³-hybridized carbons (Fsp3) is 0.619. The molecule has 2 aliphatic rings. The molecule has 1 aromatic rings. The van der Waals surface area contributed by atoms with E-state index in [0.29, 0.717) is 13.0 Å². The van der Waals surface area contributed by atoms with Gasteiger partial charge in [0.05, 0.1) is 5.25 Å². The first kappa shape index (κ1) is 19.3. The number of benzene rings is 1. The molecule has 0 saturated carbocycles. The third-order valence-corrected chi connectivity index (χ3v) is 6.73. The van der Waals surface area contributed by atoms with Crippen molar-refractivity contribution in [1.29, 1.82) is 0 Å². The molecule has 4 nitrogen and oxygen atoms in total. The van der Waals surface area contributed by atoms with E-state index in [-0.39, 0.29) is 27.9 Å². The average Bonchev–Trinajstić information content (AvgIpc) is 3.22. The van der Waals surface area contributed by atoms with Crippen LogP contribution in [-0.2, 0) is 15.0 Å². The smallest absolute Gasteiger partial charge is 0.236 e. The highest BCUT2D eigenvalue weighted by atomic mass is 32.2. The summed E-state index contributed by atoms with van der Waals surface area (Å²) in [6.07, 6.45) is 2.63. The van der Waals surface area contributed by atoms with E-state index in [4.69, 9.17) is 0 Å². The van der Waals surface area contributed by atoms with Crippen LogP contribution >= 0.6 is 11.8 Å². The highest BCUT2D eigenvalue weighted by molar-refractivity contribution is 8.01. The molecule has 2 amide bonds. The molecule has 0 spiro atoms. The maximum absolute atomic E-state index is 12.6. The number of hydrogen-bond acceptors (Lipinski definition) is 3. The molecular weight excluding hydrogens is 344 g/mol. The number of amides is 2. The summed E-state index contributed by atoms with van der Waals surface area (Å²) >= 11 is 1.68. The van der Waals surface area contributed by atoms with E-state index in [2.05, 4.69) is 45.0 Å². The van der Waals surface area contributed by atoms with Gasteiger partial charge in [0.15, 0.2) is 0 Å². The molecule has 2 atom stereocenters. The number of nitrogens with zero attached hydrogens (tertiary/aromatic N) is 2. The molecule has 1 aromatic carbocycles. The largest absolute Gasteiger partial charge is 0.343 e. The minimum absolute atomic E-state index is 0.0119. The molecule has 0 aromatic heterocycles. The Hall–Kier alpha value is -1.49. The van der Waals surface area contributed by atoms with Crippen molar-refractivity contribution < 1.29 is 9.59 Å². The number of carbonyl (C=O) groups is 2. The minimum atomic E-state index is -0.0517. The summed E-state index contributed by atoms with van der Waals surface area (Å²) < 4.78 is 0. The fourth-order valence-corrected chi connectivity index (χ4v) is 4.96. The van der Waals surface area contributed by atoms with Gasteiger partial charge in [-0.2, -0.15) is 0 Å². The molecule has 0 aliphatic carbocycles. The predicted molar refractivity (Wildman–Crippen MR) is 107 cm³/mol. The third kappa shape index (κ3) is 4.08. The summed E-state index contributed by atoms with van der Waals surface area (Å²) in [6.45, 7) is 10.8. The van der Waals surface area contributed by atoms with Crippen molar-refractivity contribution in [2.24, 2.45) is 0 Å². The van der Waals surface area contributed by atoms with Gasteiger partial charge in [0.2, 0.25) is 11.8 Å². The second kappa shape index (κ2) is 7.63. The summed E-state index contributed by atoms with van der Waals surface area (Å²) in [6, 6.07) is 8.60. The summed E-state index contributed by atoms with van der Waals surface area (Å²) in [5.74, 6) is 0.329. The molecular formula is C21H30N2O2S. The first-order valence-electron chi connectivity index (χ1n) is 9.61. The molecule has 2 heterocycles. The Balaban J connectivity index is 1.70. The molecule has 3 rings (SSSR count). The van der Waals surface area contributed by atoms with Crippen LogP contribution < -0.4 is 0 Å². The lowest BCUT2D eigenvalue weighted by Crippen LogP contribution is -2.35. The zero-order valence-corrected chi connectivity index (χ0v) is 17.1. The monoisotopic (exact) mass is 374 g/mol. The summed E-state index contributed by atoms with van der Waals surface area (Å²) in [7, 11) is 0. The van der Waals surface area contributed by atoms with Gasteiger partial charge in [-0.15, -0.1) is 11.8 Å². The lowest BCUT2D eigenvalue weighted by Gasteiger charge is -2.26. The van der Waals surface area contributed by atoms with Crippen molar-refractivity contribution in [2.45, 2.75) is 63.0 Å². The standard InChI is InChI=1S/C21H30N2O2S/c1-15-19(25)23(14-11-18(24)22-12-5-6-13-22)20(26-15)16-7-9-17(10-8-16)21(2,3)4/h7-10,15,20H,5-6,11-14H2,1-4H3/t15-,20-/m1/s1. The van der Waals surface area contributed by atoms with Crippen LogP contribution in [0.1, 0.15) is 63.5 Å². The van der Waals surface area contributed by atoms with Crippen LogP contribution in [0.15, 0.2) is 24.3 Å². The second-order valence-electron chi connectivity index (χ2n) is 8.37. The number of likely N-dealkylation sites (tertiary alicyclic amines) is 1. The van der Waals surface area contributed by atoms with Crippen LogP contribution in [0.3, 0.4) is 0 Å². The van der Waals surface area contributed by atoms with Gasteiger partial charge in [0.25, 0.3) is 0 Å². The zero-order valence-electron chi connectivity index (χ0n) is 16.3. The summed E-state index contributed by atoms with van der Waals surface area (Å²) in [5.41, 5.74) is 2.56. The van der Waals surface area contributed by atoms with E-state index >= 15 is 0 Å². The van der Waals surface area contributed by atoms with Crippen LogP contribution in [0.5, 0.6) is 0 Å². The van der Waals surface area contributed by atoms with Crippen molar-refractivity contribution >= 4 is 23.6 Å². The molecule has 26 heavy (non-hydrogen) atoms. The average molecular weight is 375 g/mol. The molecule has 142 valence electrons. The zero-order chi connectivity index (χ0) is 18.9. The van der Waals surface area contributed by atoms with Crippen molar-refractivity contribution in [1.82, 2.24) is 9.80 Å². The van der Waals surface area contributed by atoms with E-state index in [9.17, 15) is 9.59 Å². The normalized spacial score (nSPS) is 23.8. The lowest BCUT2D eigenvalue weighted by molar-refractivity contribution is -0.133. The van der Waals surface area contributed by atoms with Crippen LogP contribution in [-0.4, -0.2) is 46.5 Å². The SMILES string of the molecule is C[C@H]1S[C@H](c2ccc(C(C)(C)C)cc2)N(CCC(=O)N2CCCC2)C1=O. The van der Waals surface area contributed by atoms with Gasteiger partial charge in [0, 0.05) is 26.1 Å². The maximum atomic E-state index is 12.6. The molecule has 0 radical (unpaired) electrons. The molecule has 0 unspecified atom stereocenters. The van der Waals surface area contributed by atoms with Gasteiger partial charge >= 0.3 is 0 Å². The van der Waals surface area contributed by atoms with Crippen molar-refractivity contribution in [3.8, 4) is 0 Å². The van der Waals surface area contributed by atoms with Crippen LogP contribution in [0.4, 0.5) is 0 Å². The van der Waals surface area contributed by atoms with Gasteiger partial charge in [-0.3, -0.25) is 9.59 Å². The fourth-order valence-electron chi connectivity index (χ4n) is 3.65. The van der Waals surface area contributed by atoms with E-state index in [0.717, 1.165) is 31.5 Å². The second-order valence-corrected chi connectivity index (χ2v) is 9.80. The molecule has 0 bridgehead atoms. The molecule has 0 N–H and O–H groups in total. The topological polar surface area (TPSA) is 40.6 Å². The van der Waals surface area contributed by atoms with Crippen LogP contribution in [0.25, 0.3) is 0 Å². The van der Waals surface area contributed by atoms with E-state index < -0.39 is 0 Å². The van der Waals surface area contributed by atoms with Crippen LogP contribution in [0, 0.1) is 0 Å². The minimum Gasteiger partial charge on any atom is -0.343 e. The van der Waals surface area contributed by atoms with Gasteiger partial charge in [-0.05, 0) is 36.3 Å². The molecule has 2 fully saturated rings. The first-order valence-corrected chi connectivity index (χ1v) is 10.6. The summed E-state index contributed by atoms with van der Waals surface area (Å²) in [4.78, 5) is 28.8. The van der Waals surface area contributed by atoms with E-state index in [1.54, 1.807) is 11.8 Å². The van der Waals surface area contributed by atoms with Crippen LogP contribution in [0.2, 0.25) is 0 Å². The molecule has 2 saturated heterocycles. The molecule has 5 heteroatoms.